The van der Waals surface area contributed by atoms with Crippen LogP contribution in [0.4, 0.5) is 5.82 Å². The van der Waals surface area contributed by atoms with E-state index in [0.717, 1.165) is 35.1 Å². The van der Waals surface area contributed by atoms with Gasteiger partial charge in [0.05, 0.1) is 22.9 Å². The van der Waals surface area contributed by atoms with Gasteiger partial charge in [0, 0.05) is 42.2 Å². The Bertz CT molecular complexity index is 1250. The van der Waals surface area contributed by atoms with Crippen LogP contribution in [0.15, 0.2) is 54.9 Å². The Morgan fingerprint density at radius 1 is 1.06 bits per heavy atom. The Morgan fingerprint density at radius 2 is 1.91 bits per heavy atom. The predicted molar refractivity (Wildman–Crippen MR) is 124 cm³/mol. The summed E-state index contributed by atoms with van der Waals surface area (Å²) in [4.78, 5) is 9.55. The molecule has 0 unspecified atom stereocenters. The first-order valence-corrected chi connectivity index (χ1v) is 10.7. The summed E-state index contributed by atoms with van der Waals surface area (Å²) in [5.74, 6) is 1.24. The molecule has 1 fully saturated rings. The number of anilines is 1. The average Bonchev–Trinajstić information content (AvgIpc) is 3.46. The van der Waals surface area contributed by atoms with Crippen LogP contribution in [0.5, 0.6) is 5.75 Å². The smallest absolute Gasteiger partial charge is 0.165 e. The SMILES string of the molecule is CC(C)(O)[C@@H]1CNC[C@H]1Nc1nc(-c2cc(-c3cn[nH]c3)ccc2O)nc2ccccc12. The maximum absolute atomic E-state index is 10.6. The highest BCUT2D eigenvalue weighted by atomic mass is 16.3. The molecule has 0 bridgehead atoms. The number of aromatic nitrogens is 4. The first kappa shape index (κ1) is 20.4. The summed E-state index contributed by atoms with van der Waals surface area (Å²) in [5, 5.41) is 35.8. The standard InChI is InChI=1S/C24H26N6O2/c1-24(2,32)18-12-25-13-20(18)29-22-16-5-3-4-6-19(16)28-23(30-22)17-9-14(7-8-21(17)31)15-10-26-27-11-15/h3-11,18,20,25,31-32H,12-13H2,1-2H3,(H,26,27)(H,28,29,30)/t18-,20-/m1/s1. The van der Waals surface area contributed by atoms with Crippen LogP contribution in [0, 0.1) is 5.92 Å². The quantitative estimate of drug-likeness (QED) is 0.330. The Kier molecular flexibility index (Phi) is 5.03. The highest BCUT2D eigenvalue weighted by molar-refractivity contribution is 5.91. The number of para-hydroxylation sites is 1. The van der Waals surface area contributed by atoms with E-state index < -0.39 is 5.60 Å². The van der Waals surface area contributed by atoms with Gasteiger partial charge in [-0.3, -0.25) is 5.10 Å². The van der Waals surface area contributed by atoms with E-state index in [1.54, 1.807) is 18.5 Å². The highest BCUT2D eigenvalue weighted by Crippen LogP contribution is 2.34. The van der Waals surface area contributed by atoms with E-state index in [1.165, 1.54) is 0 Å². The number of fused-ring (bicyclic) bond motifs is 1. The molecule has 2 aromatic carbocycles. The minimum absolute atomic E-state index is 0.00650. The topological polar surface area (TPSA) is 119 Å². The summed E-state index contributed by atoms with van der Waals surface area (Å²) in [6, 6.07) is 13.1. The monoisotopic (exact) mass is 430 g/mol. The molecule has 0 radical (unpaired) electrons. The third-order valence-corrected chi connectivity index (χ3v) is 6.12. The lowest BCUT2D eigenvalue weighted by atomic mass is 9.87. The maximum atomic E-state index is 10.6. The van der Waals surface area contributed by atoms with Crippen molar-refractivity contribution < 1.29 is 10.2 Å². The molecule has 2 atom stereocenters. The second kappa shape index (κ2) is 7.89. The summed E-state index contributed by atoms with van der Waals surface area (Å²) in [7, 11) is 0. The van der Waals surface area contributed by atoms with Crippen LogP contribution in [0.2, 0.25) is 0 Å². The van der Waals surface area contributed by atoms with Gasteiger partial charge in [0.2, 0.25) is 0 Å². The molecule has 5 rings (SSSR count). The third-order valence-electron chi connectivity index (χ3n) is 6.12. The molecule has 5 N–H and O–H groups in total. The van der Waals surface area contributed by atoms with Gasteiger partial charge in [-0.05, 0) is 43.7 Å². The van der Waals surface area contributed by atoms with Crippen LogP contribution < -0.4 is 10.6 Å². The Balaban J connectivity index is 1.60. The molecular formula is C24H26N6O2. The zero-order valence-electron chi connectivity index (χ0n) is 18.0. The van der Waals surface area contributed by atoms with E-state index in [0.29, 0.717) is 17.2 Å². The van der Waals surface area contributed by atoms with Gasteiger partial charge in [0.25, 0.3) is 0 Å². The fourth-order valence-corrected chi connectivity index (χ4v) is 4.36. The number of phenols is 1. The van der Waals surface area contributed by atoms with Gasteiger partial charge in [-0.15, -0.1) is 0 Å². The van der Waals surface area contributed by atoms with Gasteiger partial charge in [0.15, 0.2) is 5.82 Å². The van der Waals surface area contributed by atoms with Crippen LogP contribution >= 0.6 is 0 Å². The summed E-state index contributed by atoms with van der Waals surface area (Å²) in [5.41, 5.74) is 2.31. The van der Waals surface area contributed by atoms with Gasteiger partial charge in [-0.1, -0.05) is 18.2 Å². The van der Waals surface area contributed by atoms with Crippen molar-refractivity contribution in [3.05, 3.63) is 54.9 Å². The van der Waals surface area contributed by atoms with Crippen molar-refractivity contribution in [2.24, 2.45) is 5.92 Å². The molecule has 0 spiro atoms. The molecular weight excluding hydrogens is 404 g/mol. The first-order chi connectivity index (χ1) is 15.4. The number of hydrogen-bond acceptors (Lipinski definition) is 7. The van der Waals surface area contributed by atoms with Crippen molar-refractivity contribution in [3.63, 3.8) is 0 Å². The number of aromatic amines is 1. The molecule has 4 aromatic rings. The van der Waals surface area contributed by atoms with Gasteiger partial charge in [-0.2, -0.15) is 5.10 Å². The van der Waals surface area contributed by atoms with Crippen LogP contribution in [0.1, 0.15) is 13.8 Å². The zero-order valence-corrected chi connectivity index (χ0v) is 18.0. The van der Waals surface area contributed by atoms with Gasteiger partial charge >= 0.3 is 0 Å². The molecule has 1 saturated heterocycles. The van der Waals surface area contributed by atoms with Gasteiger partial charge in [0.1, 0.15) is 11.6 Å². The molecule has 32 heavy (non-hydrogen) atoms. The fourth-order valence-electron chi connectivity index (χ4n) is 4.36. The van der Waals surface area contributed by atoms with Gasteiger partial charge in [-0.25, -0.2) is 9.97 Å². The number of aromatic hydroxyl groups is 1. The van der Waals surface area contributed by atoms with E-state index in [4.69, 9.17) is 9.97 Å². The lowest BCUT2D eigenvalue weighted by Gasteiger charge is -2.31. The number of phenolic OH excluding ortho intramolecular Hbond substituents is 1. The van der Waals surface area contributed by atoms with E-state index in [-0.39, 0.29) is 17.7 Å². The number of aliphatic hydroxyl groups is 1. The minimum atomic E-state index is -0.829. The predicted octanol–water partition coefficient (Wildman–Crippen LogP) is 3.16. The van der Waals surface area contributed by atoms with Crippen molar-refractivity contribution in [1.29, 1.82) is 0 Å². The zero-order chi connectivity index (χ0) is 22.3. The van der Waals surface area contributed by atoms with Crippen LogP contribution in [-0.2, 0) is 0 Å². The number of nitrogens with zero attached hydrogens (tertiary/aromatic N) is 3. The normalized spacial score (nSPS) is 18.8. The molecule has 0 amide bonds. The number of rotatable bonds is 5. The third kappa shape index (κ3) is 3.79. The second-order valence-corrected chi connectivity index (χ2v) is 8.80. The Morgan fingerprint density at radius 3 is 2.69 bits per heavy atom. The van der Waals surface area contributed by atoms with E-state index in [1.807, 2.05) is 50.2 Å². The number of benzene rings is 2. The van der Waals surface area contributed by atoms with Crippen molar-refractivity contribution in [1.82, 2.24) is 25.5 Å². The van der Waals surface area contributed by atoms with Crippen LogP contribution in [-0.4, -0.2) is 55.1 Å². The summed E-state index contributed by atoms with van der Waals surface area (Å²) < 4.78 is 0. The largest absolute Gasteiger partial charge is 0.507 e. The molecule has 8 nitrogen and oxygen atoms in total. The minimum Gasteiger partial charge on any atom is -0.507 e. The van der Waals surface area contributed by atoms with E-state index in [2.05, 4.69) is 20.8 Å². The molecule has 8 heteroatoms. The van der Waals surface area contributed by atoms with Crippen LogP contribution in [0.3, 0.4) is 0 Å². The number of nitrogens with one attached hydrogen (secondary N) is 3. The highest BCUT2D eigenvalue weighted by Gasteiger charge is 2.38. The summed E-state index contributed by atoms with van der Waals surface area (Å²) >= 11 is 0. The Hall–Kier alpha value is -3.49. The maximum Gasteiger partial charge on any atom is 0.165 e. The number of hydrogen-bond donors (Lipinski definition) is 5. The lowest BCUT2D eigenvalue weighted by molar-refractivity contribution is 0.0219. The molecule has 2 aromatic heterocycles. The second-order valence-electron chi connectivity index (χ2n) is 8.80. The fraction of sp³-hybridized carbons (Fsp3) is 0.292. The van der Waals surface area contributed by atoms with E-state index in [9.17, 15) is 10.2 Å². The van der Waals surface area contributed by atoms with Crippen molar-refractivity contribution in [3.8, 4) is 28.3 Å². The summed E-state index contributed by atoms with van der Waals surface area (Å²) in [6.07, 6.45) is 3.53. The molecule has 0 aliphatic carbocycles. The van der Waals surface area contributed by atoms with Gasteiger partial charge < -0.3 is 20.8 Å². The summed E-state index contributed by atoms with van der Waals surface area (Å²) in [6.45, 7) is 5.12. The molecule has 1 aliphatic rings. The molecule has 3 heterocycles. The average molecular weight is 431 g/mol. The first-order valence-electron chi connectivity index (χ1n) is 10.7. The van der Waals surface area contributed by atoms with Crippen molar-refractivity contribution in [2.45, 2.75) is 25.5 Å². The number of H-pyrrole nitrogens is 1. The molecule has 164 valence electrons. The van der Waals surface area contributed by atoms with Crippen LogP contribution in [0.25, 0.3) is 33.4 Å². The Labute approximate surface area is 185 Å². The van der Waals surface area contributed by atoms with E-state index >= 15 is 0 Å². The van der Waals surface area contributed by atoms with Crippen molar-refractivity contribution in [2.75, 3.05) is 18.4 Å². The molecule has 1 aliphatic heterocycles. The lowest BCUT2D eigenvalue weighted by Crippen LogP contribution is -2.42. The van der Waals surface area contributed by atoms with Crippen molar-refractivity contribution >= 4 is 16.7 Å². The molecule has 0 saturated carbocycles.